The highest BCUT2D eigenvalue weighted by Crippen LogP contribution is 2.12. The van der Waals surface area contributed by atoms with Crippen molar-refractivity contribution in [3.8, 4) is 0 Å². The fourth-order valence-electron chi connectivity index (χ4n) is 1.95. The van der Waals surface area contributed by atoms with Crippen LogP contribution in [0.15, 0.2) is 42.5 Å². The van der Waals surface area contributed by atoms with Gasteiger partial charge in [0.25, 0.3) is 0 Å². The van der Waals surface area contributed by atoms with Crippen LogP contribution in [0, 0.1) is 0 Å². The molecular formula is C15H17NO5. The van der Waals surface area contributed by atoms with Gasteiger partial charge in [0.05, 0.1) is 12.6 Å². The first kappa shape index (κ1) is 15.1. The Hall–Kier alpha value is -2.34. The van der Waals surface area contributed by atoms with E-state index in [2.05, 4.69) is 5.32 Å². The number of aliphatic hydroxyl groups is 1. The van der Waals surface area contributed by atoms with Gasteiger partial charge in [0.1, 0.15) is 12.7 Å². The SMILES string of the molecule is O=C1C=CC[C@@H]([C@@H](CO)NC(=O)OCc2ccccc2)O1. The maximum atomic E-state index is 11.7. The minimum atomic E-state index is -0.692. The van der Waals surface area contributed by atoms with Crippen molar-refractivity contribution in [2.24, 2.45) is 0 Å². The van der Waals surface area contributed by atoms with Crippen molar-refractivity contribution in [3.63, 3.8) is 0 Å². The second-order valence-corrected chi connectivity index (χ2v) is 4.61. The minimum Gasteiger partial charge on any atom is -0.457 e. The van der Waals surface area contributed by atoms with Crippen LogP contribution in [0.1, 0.15) is 12.0 Å². The summed E-state index contributed by atoms with van der Waals surface area (Å²) in [4.78, 5) is 22.9. The topological polar surface area (TPSA) is 84.9 Å². The van der Waals surface area contributed by atoms with Gasteiger partial charge >= 0.3 is 12.1 Å². The highest BCUT2D eigenvalue weighted by molar-refractivity contribution is 5.82. The summed E-state index contributed by atoms with van der Waals surface area (Å²) < 4.78 is 10.1. The fraction of sp³-hybridized carbons (Fsp3) is 0.333. The highest BCUT2D eigenvalue weighted by Gasteiger charge is 2.27. The second-order valence-electron chi connectivity index (χ2n) is 4.61. The van der Waals surface area contributed by atoms with E-state index >= 15 is 0 Å². The summed E-state index contributed by atoms with van der Waals surface area (Å²) >= 11 is 0. The van der Waals surface area contributed by atoms with Crippen molar-refractivity contribution in [2.45, 2.75) is 25.2 Å². The van der Waals surface area contributed by atoms with Crippen LogP contribution in [0.3, 0.4) is 0 Å². The van der Waals surface area contributed by atoms with E-state index in [1.165, 1.54) is 6.08 Å². The second kappa shape index (κ2) is 7.44. The molecule has 1 amide bonds. The van der Waals surface area contributed by atoms with Crippen molar-refractivity contribution >= 4 is 12.1 Å². The van der Waals surface area contributed by atoms with Gasteiger partial charge in [-0.2, -0.15) is 0 Å². The lowest BCUT2D eigenvalue weighted by atomic mass is 10.1. The summed E-state index contributed by atoms with van der Waals surface area (Å²) in [6.07, 6.45) is 2.16. The standard InChI is InChI=1S/C15H17NO5/c17-9-12(13-7-4-8-14(18)21-13)16-15(19)20-10-11-5-2-1-3-6-11/h1-6,8,12-13,17H,7,9-10H2,(H,16,19)/t12-,13+/m1/s1. The summed E-state index contributed by atoms with van der Waals surface area (Å²) in [5.74, 6) is -0.482. The molecule has 2 N–H and O–H groups in total. The average Bonchev–Trinajstić information content (AvgIpc) is 2.51. The maximum absolute atomic E-state index is 11.7. The molecule has 0 spiro atoms. The Bertz CT molecular complexity index is 514. The van der Waals surface area contributed by atoms with Gasteiger partial charge in [-0.25, -0.2) is 9.59 Å². The normalized spacial score (nSPS) is 18.7. The number of carbonyl (C=O) groups is 2. The number of cyclic esters (lactones) is 1. The number of amides is 1. The fourth-order valence-corrected chi connectivity index (χ4v) is 1.95. The van der Waals surface area contributed by atoms with Crippen LogP contribution in [0.4, 0.5) is 4.79 Å². The molecule has 0 radical (unpaired) electrons. The Balaban J connectivity index is 1.82. The molecule has 0 fully saturated rings. The van der Waals surface area contributed by atoms with E-state index in [9.17, 15) is 14.7 Å². The van der Waals surface area contributed by atoms with Gasteiger partial charge in [0.2, 0.25) is 0 Å². The Morgan fingerprint density at radius 3 is 2.86 bits per heavy atom. The molecule has 2 atom stereocenters. The summed E-state index contributed by atoms with van der Waals surface area (Å²) in [6.45, 7) is -0.207. The molecule has 6 heteroatoms. The molecule has 0 bridgehead atoms. The maximum Gasteiger partial charge on any atom is 0.407 e. The number of hydrogen-bond acceptors (Lipinski definition) is 5. The molecule has 0 saturated heterocycles. The van der Waals surface area contributed by atoms with Gasteiger partial charge in [-0.15, -0.1) is 0 Å². The van der Waals surface area contributed by atoms with Crippen LogP contribution in [-0.2, 0) is 20.9 Å². The number of alkyl carbamates (subject to hydrolysis) is 1. The summed E-state index contributed by atoms with van der Waals surface area (Å²) in [5.41, 5.74) is 0.861. The van der Waals surface area contributed by atoms with E-state index in [4.69, 9.17) is 9.47 Å². The molecule has 0 aromatic heterocycles. The first-order valence-corrected chi connectivity index (χ1v) is 6.64. The molecule has 1 heterocycles. The van der Waals surface area contributed by atoms with Crippen LogP contribution < -0.4 is 5.32 Å². The number of benzene rings is 1. The molecule has 21 heavy (non-hydrogen) atoms. The zero-order valence-electron chi connectivity index (χ0n) is 11.4. The number of carbonyl (C=O) groups excluding carboxylic acids is 2. The van der Waals surface area contributed by atoms with Gasteiger partial charge in [0.15, 0.2) is 0 Å². The molecule has 0 aliphatic carbocycles. The zero-order valence-corrected chi connectivity index (χ0v) is 11.4. The van der Waals surface area contributed by atoms with E-state index in [1.54, 1.807) is 6.08 Å². The molecule has 0 saturated carbocycles. The number of ether oxygens (including phenoxy) is 2. The van der Waals surface area contributed by atoms with Crippen molar-refractivity contribution in [3.05, 3.63) is 48.0 Å². The van der Waals surface area contributed by atoms with E-state index in [1.807, 2.05) is 30.3 Å². The predicted molar refractivity (Wildman–Crippen MR) is 74.3 cm³/mol. The van der Waals surface area contributed by atoms with Crippen molar-refractivity contribution in [1.82, 2.24) is 5.32 Å². The number of aliphatic hydroxyl groups excluding tert-OH is 1. The number of hydrogen-bond donors (Lipinski definition) is 2. The van der Waals surface area contributed by atoms with Crippen LogP contribution in [0.25, 0.3) is 0 Å². The van der Waals surface area contributed by atoms with E-state index in [0.29, 0.717) is 6.42 Å². The monoisotopic (exact) mass is 291 g/mol. The van der Waals surface area contributed by atoms with E-state index in [-0.39, 0.29) is 13.2 Å². The first-order valence-electron chi connectivity index (χ1n) is 6.64. The summed E-state index contributed by atoms with van der Waals surface area (Å²) in [5, 5.41) is 11.8. The van der Waals surface area contributed by atoms with Gasteiger partial charge in [-0.05, 0) is 5.56 Å². The Labute approximate surface area is 122 Å². The van der Waals surface area contributed by atoms with Gasteiger partial charge in [-0.1, -0.05) is 36.4 Å². The van der Waals surface area contributed by atoms with E-state index in [0.717, 1.165) is 5.56 Å². The van der Waals surface area contributed by atoms with Crippen LogP contribution in [-0.4, -0.2) is 35.9 Å². The Morgan fingerprint density at radius 2 is 2.19 bits per heavy atom. The number of nitrogens with one attached hydrogen (secondary N) is 1. The third kappa shape index (κ3) is 4.61. The lowest BCUT2D eigenvalue weighted by Crippen LogP contribution is -2.48. The molecule has 0 unspecified atom stereocenters. The highest BCUT2D eigenvalue weighted by atomic mass is 16.6. The van der Waals surface area contributed by atoms with Crippen LogP contribution >= 0.6 is 0 Å². The summed E-state index contributed by atoms with van der Waals surface area (Å²) in [6, 6.07) is 8.55. The van der Waals surface area contributed by atoms with Crippen molar-refractivity contribution in [1.29, 1.82) is 0 Å². The Morgan fingerprint density at radius 1 is 1.43 bits per heavy atom. The van der Waals surface area contributed by atoms with Gasteiger partial charge in [0, 0.05) is 12.5 Å². The molecular weight excluding hydrogens is 274 g/mol. The van der Waals surface area contributed by atoms with Crippen molar-refractivity contribution in [2.75, 3.05) is 6.61 Å². The predicted octanol–water partition coefficient (Wildman–Crippen LogP) is 1.15. The van der Waals surface area contributed by atoms with Gasteiger partial charge in [-0.3, -0.25) is 0 Å². The molecule has 1 aromatic rings. The molecule has 6 nitrogen and oxygen atoms in total. The summed E-state index contributed by atoms with van der Waals surface area (Å²) in [7, 11) is 0. The lowest BCUT2D eigenvalue weighted by Gasteiger charge is -2.26. The largest absolute Gasteiger partial charge is 0.457 e. The van der Waals surface area contributed by atoms with Crippen molar-refractivity contribution < 1.29 is 24.2 Å². The molecule has 112 valence electrons. The quantitative estimate of drug-likeness (QED) is 0.795. The molecule has 1 aliphatic heterocycles. The number of rotatable bonds is 5. The third-order valence-corrected chi connectivity index (χ3v) is 3.05. The molecule has 1 aliphatic rings. The number of esters is 1. The Kier molecular flexibility index (Phi) is 5.34. The first-order chi connectivity index (χ1) is 10.2. The van der Waals surface area contributed by atoms with E-state index < -0.39 is 24.2 Å². The average molecular weight is 291 g/mol. The third-order valence-electron chi connectivity index (χ3n) is 3.05. The molecule has 2 rings (SSSR count). The molecule has 1 aromatic carbocycles. The zero-order chi connectivity index (χ0) is 15.1. The van der Waals surface area contributed by atoms with Gasteiger partial charge < -0.3 is 19.9 Å². The smallest absolute Gasteiger partial charge is 0.407 e. The minimum absolute atomic E-state index is 0.134. The lowest BCUT2D eigenvalue weighted by molar-refractivity contribution is -0.146. The van der Waals surface area contributed by atoms with Crippen LogP contribution in [0.5, 0.6) is 0 Å². The van der Waals surface area contributed by atoms with Crippen LogP contribution in [0.2, 0.25) is 0 Å².